The third-order valence-electron chi connectivity index (χ3n) is 1.93. The largest absolute Gasteiger partial charge is 0.493 e. The van der Waals surface area contributed by atoms with Gasteiger partial charge in [0.25, 0.3) is 0 Å². The fraction of sp³-hybridized carbons (Fsp3) is 0.250. The molecule has 0 saturated heterocycles. The summed E-state index contributed by atoms with van der Waals surface area (Å²) in [4.78, 5) is 0. The Kier molecular flexibility index (Phi) is 4.05. The summed E-state index contributed by atoms with van der Waals surface area (Å²) >= 11 is 0. The zero-order chi connectivity index (χ0) is 10.4. The molecule has 0 aliphatic rings. The number of rotatable bonds is 5. The molecule has 2 nitrogen and oxygen atoms in total. The lowest BCUT2D eigenvalue weighted by molar-refractivity contribution is 0.355. The predicted molar refractivity (Wildman–Crippen MR) is 57.8 cm³/mol. The van der Waals surface area contributed by atoms with Gasteiger partial charge in [-0.3, -0.25) is 0 Å². The van der Waals surface area contributed by atoms with E-state index in [9.17, 15) is 0 Å². The fourth-order valence-corrected chi connectivity index (χ4v) is 1.20. The molecule has 0 saturated carbocycles. The topological polar surface area (TPSA) is 18.5 Å². The second kappa shape index (κ2) is 5.32. The SMILES string of the molecule is C=CC[CH]c1ccc(OC)c(OC)c1. The maximum absolute atomic E-state index is 5.19. The summed E-state index contributed by atoms with van der Waals surface area (Å²) < 4.78 is 10.3. The number of allylic oxidation sites excluding steroid dienone is 1. The van der Waals surface area contributed by atoms with Crippen molar-refractivity contribution < 1.29 is 9.47 Å². The second-order valence-corrected chi connectivity index (χ2v) is 2.84. The van der Waals surface area contributed by atoms with E-state index >= 15 is 0 Å². The lowest BCUT2D eigenvalue weighted by Gasteiger charge is -2.08. The lowest BCUT2D eigenvalue weighted by Crippen LogP contribution is -1.91. The summed E-state index contributed by atoms with van der Waals surface area (Å²) in [5, 5.41) is 0. The van der Waals surface area contributed by atoms with Gasteiger partial charge in [0.05, 0.1) is 14.2 Å². The number of benzene rings is 1. The Hall–Kier alpha value is -1.44. The molecule has 1 rings (SSSR count). The summed E-state index contributed by atoms with van der Waals surface area (Å²) in [7, 11) is 3.26. The van der Waals surface area contributed by atoms with E-state index in [-0.39, 0.29) is 0 Å². The Balaban J connectivity index is 2.83. The van der Waals surface area contributed by atoms with Crippen molar-refractivity contribution in [2.45, 2.75) is 6.42 Å². The third-order valence-corrected chi connectivity index (χ3v) is 1.93. The van der Waals surface area contributed by atoms with Crippen molar-refractivity contribution in [2.75, 3.05) is 14.2 Å². The molecule has 0 bridgehead atoms. The molecule has 0 aromatic heterocycles. The quantitative estimate of drug-likeness (QED) is 0.666. The van der Waals surface area contributed by atoms with E-state index in [1.54, 1.807) is 14.2 Å². The summed E-state index contributed by atoms with van der Waals surface area (Å²) in [5.74, 6) is 1.51. The highest BCUT2D eigenvalue weighted by Gasteiger charge is 2.03. The molecule has 0 fully saturated rings. The predicted octanol–water partition coefficient (Wildman–Crippen LogP) is 2.83. The normalized spacial score (nSPS) is 9.57. The summed E-state index contributed by atoms with van der Waals surface area (Å²) in [5.41, 5.74) is 1.11. The van der Waals surface area contributed by atoms with Crippen molar-refractivity contribution in [3.8, 4) is 11.5 Å². The van der Waals surface area contributed by atoms with Crippen molar-refractivity contribution in [1.82, 2.24) is 0 Å². The number of hydrogen-bond donors (Lipinski definition) is 0. The van der Waals surface area contributed by atoms with Gasteiger partial charge in [-0.15, -0.1) is 6.58 Å². The first kappa shape index (κ1) is 10.6. The van der Waals surface area contributed by atoms with Gasteiger partial charge in [-0.1, -0.05) is 12.1 Å². The maximum Gasteiger partial charge on any atom is 0.160 e. The Morgan fingerprint density at radius 1 is 1.21 bits per heavy atom. The van der Waals surface area contributed by atoms with Crippen LogP contribution in [-0.4, -0.2) is 14.2 Å². The van der Waals surface area contributed by atoms with Crippen molar-refractivity contribution >= 4 is 0 Å². The minimum absolute atomic E-state index is 0.753. The van der Waals surface area contributed by atoms with Crippen LogP contribution in [0.25, 0.3) is 0 Å². The average Bonchev–Trinajstić information content (AvgIpc) is 2.25. The van der Waals surface area contributed by atoms with Gasteiger partial charge < -0.3 is 9.47 Å². The number of methoxy groups -OCH3 is 2. The summed E-state index contributed by atoms with van der Waals surface area (Å²) in [6.45, 7) is 3.66. The van der Waals surface area contributed by atoms with Crippen LogP contribution in [0.4, 0.5) is 0 Å². The van der Waals surface area contributed by atoms with Gasteiger partial charge in [-0.05, 0) is 30.5 Å². The first-order valence-corrected chi connectivity index (χ1v) is 4.48. The van der Waals surface area contributed by atoms with Gasteiger partial charge in [-0.2, -0.15) is 0 Å². The van der Waals surface area contributed by atoms with Gasteiger partial charge in [-0.25, -0.2) is 0 Å². The van der Waals surface area contributed by atoms with Crippen LogP contribution in [0.2, 0.25) is 0 Å². The highest BCUT2D eigenvalue weighted by Crippen LogP contribution is 2.28. The van der Waals surface area contributed by atoms with E-state index < -0.39 is 0 Å². The molecule has 0 aliphatic heterocycles. The van der Waals surface area contributed by atoms with E-state index in [2.05, 4.69) is 13.0 Å². The van der Waals surface area contributed by atoms with Gasteiger partial charge in [0, 0.05) is 0 Å². The molecule has 14 heavy (non-hydrogen) atoms. The first-order chi connectivity index (χ1) is 6.81. The molecule has 1 aromatic rings. The zero-order valence-electron chi connectivity index (χ0n) is 8.62. The van der Waals surface area contributed by atoms with Crippen LogP contribution in [0.1, 0.15) is 12.0 Å². The van der Waals surface area contributed by atoms with E-state index in [1.807, 2.05) is 24.3 Å². The smallest absolute Gasteiger partial charge is 0.160 e. The summed E-state index contributed by atoms with van der Waals surface area (Å²) in [6.07, 6.45) is 4.79. The molecule has 0 aliphatic carbocycles. The maximum atomic E-state index is 5.19. The van der Waals surface area contributed by atoms with Crippen LogP contribution >= 0.6 is 0 Å². The van der Waals surface area contributed by atoms with Crippen molar-refractivity contribution in [3.63, 3.8) is 0 Å². The molecular weight excluding hydrogens is 176 g/mol. The Morgan fingerprint density at radius 3 is 2.50 bits per heavy atom. The molecule has 0 N–H and O–H groups in total. The molecule has 1 aromatic carbocycles. The van der Waals surface area contributed by atoms with Gasteiger partial charge in [0.15, 0.2) is 11.5 Å². The van der Waals surface area contributed by atoms with Crippen LogP contribution in [0, 0.1) is 6.42 Å². The molecule has 1 radical (unpaired) electrons. The molecular formula is C12H15O2. The molecule has 0 heterocycles. The van der Waals surface area contributed by atoms with E-state index in [0.717, 1.165) is 23.5 Å². The van der Waals surface area contributed by atoms with Crippen LogP contribution in [0.15, 0.2) is 30.9 Å². The van der Waals surface area contributed by atoms with E-state index in [1.165, 1.54) is 0 Å². The van der Waals surface area contributed by atoms with Gasteiger partial charge in [0.1, 0.15) is 0 Å². The fourth-order valence-electron chi connectivity index (χ4n) is 1.20. The highest BCUT2D eigenvalue weighted by atomic mass is 16.5. The summed E-state index contributed by atoms with van der Waals surface area (Å²) in [6, 6.07) is 5.83. The molecule has 2 heteroatoms. The standard InChI is InChI=1S/C12H15O2/c1-4-5-6-10-7-8-11(13-2)12(9-10)14-3/h4,6-9H,1,5H2,2-3H3. The Bertz CT molecular complexity index is 305. The lowest BCUT2D eigenvalue weighted by atomic mass is 10.1. The van der Waals surface area contributed by atoms with Crippen molar-refractivity contribution in [3.05, 3.63) is 42.8 Å². The van der Waals surface area contributed by atoms with E-state index in [0.29, 0.717) is 0 Å². The van der Waals surface area contributed by atoms with Crippen LogP contribution < -0.4 is 9.47 Å². The Labute approximate surface area is 85.2 Å². The monoisotopic (exact) mass is 191 g/mol. The Morgan fingerprint density at radius 2 is 1.93 bits per heavy atom. The third kappa shape index (κ3) is 2.52. The van der Waals surface area contributed by atoms with Crippen LogP contribution in [0.3, 0.4) is 0 Å². The first-order valence-electron chi connectivity index (χ1n) is 4.48. The zero-order valence-corrected chi connectivity index (χ0v) is 8.62. The number of ether oxygens (including phenoxy) is 2. The molecule has 75 valence electrons. The van der Waals surface area contributed by atoms with Crippen molar-refractivity contribution in [2.24, 2.45) is 0 Å². The highest BCUT2D eigenvalue weighted by molar-refractivity contribution is 5.44. The molecule has 0 atom stereocenters. The van der Waals surface area contributed by atoms with Gasteiger partial charge in [0.2, 0.25) is 0 Å². The molecule has 0 amide bonds. The van der Waals surface area contributed by atoms with E-state index in [4.69, 9.17) is 9.47 Å². The minimum Gasteiger partial charge on any atom is -0.493 e. The van der Waals surface area contributed by atoms with Gasteiger partial charge >= 0.3 is 0 Å². The van der Waals surface area contributed by atoms with Crippen molar-refractivity contribution in [1.29, 1.82) is 0 Å². The van der Waals surface area contributed by atoms with Crippen LogP contribution in [-0.2, 0) is 0 Å². The number of hydrogen-bond acceptors (Lipinski definition) is 2. The molecule has 0 spiro atoms. The van der Waals surface area contributed by atoms with Crippen LogP contribution in [0.5, 0.6) is 11.5 Å². The average molecular weight is 191 g/mol. The minimum atomic E-state index is 0.753. The second-order valence-electron chi connectivity index (χ2n) is 2.84. The molecule has 0 unspecified atom stereocenters.